The molecule has 1 saturated heterocycles. The largest absolute Gasteiger partial charge is 0.389 e. The van der Waals surface area contributed by atoms with Crippen molar-refractivity contribution in [2.45, 2.75) is 12.8 Å². The Hall–Kier alpha value is -1.14. The Balaban J connectivity index is 2.30. The number of rotatable bonds is 2. The standard InChI is InChI=1S/C11H14N2O2S2/c12-11(16)9-3-5-10(6-4-9)13-7-1-2-8-17(13,14)15/h3-6H,1-2,7-8H2,(H2,12,16). The molecule has 0 amide bonds. The van der Waals surface area contributed by atoms with Gasteiger partial charge in [0.15, 0.2) is 0 Å². The van der Waals surface area contributed by atoms with E-state index in [1.54, 1.807) is 24.3 Å². The van der Waals surface area contributed by atoms with Gasteiger partial charge in [-0.05, 0) is 37.1 Å². The second-order valence-electron chi connectivity index (χ2n) is 4.01. The van der Waals surface area contributed by atoms with Crippen molar-refractivity contribution >= 4 is 32.9 Å². The first kappa shape index (κ1) is 12.3. The van der Waals surface area contributed by atoms with Crippen molar-refractivity contribution in [3.05, 3.63) is 29.8 Å². The van der Waals surface area contributed by atoms with E-state index in [1.807, 2.05) is 0 Å². The molecule has 1 aliphatic heterocycles. The molecular formula is C11H14N2O2S2. The van der Waals surface area contributed by atoms with Gasteiger partial charge in [-0.25, -0.2) is 8.42 Å². The maximum Gasteiger partial charge on any atom is 0.235 e. The van der Waals surface area contributed by atoms with Crippen LogP contribution in [0.4, 0.5) is 5.69 Å². The lowest BCUT2D eigenvalue weighted by Gasteiger charge is -2.28. The first-order valence-electron chi connectivity index (χ1n) is 5.41. The van der Waals surface area contributed by atoms with Crippen LogP contribution in [-0.4, -0.2) is 25.7 Å². The van der Waals surface area contributed by atoms with Crippen molar-refractivity contribution in [3.8, 4) is 0 Å². The summed E-state index contributed by atoms with van der Waals surface area (Å²) in [6.45, 7) is 0.550. The Labute approximate surface area is 106 Å². The third-order valence-corrected chi connectivity index (χ3v) is 4.89. The van der Waals surface area contributed by atoms with Crippen molar-refractivity contribution in [2.24, 2.45) is 5.73 Å². The Morgan fingerprint density at radius 3 is 2.41 bits per heavy atom. The summed E-state index contributed by atoms with van der Waals surface area (Å²) in [5.74, 6) is 0.226. The maximum atomic E-state index is 11.9. The minimum atomic E-state index is -3.14. The van der Waals surface area contributed by atoms with Gasteiger partial charge in [-0.15, -0.1) is 0 Å². The molecule has 2 N–H and O–H groups in total. The van der Waals surface area contributed by atoms with Crippen LogP contribution in [0.15, 0.2) is 24.3 Å². The van der Waals surface area contributed by atoms with Crippen LogP contribution in [0.5, 0.6) is 0 Å². The summed E-state index contributed by atoms with van der Waals surface area (Å²) in [7, 11) is -3.14. The third kappa shape index (κ3) is 2.58. The van der Waals surface area contributed by atoms with E-state index >= 15 is 0 Å². The van der Waals surface area contributed by atoms with E-state index in [4.69, 9.17) is 18.0 Å². The Morgan fingerprint density at radius 2 is 1.88 bits per heavy atom. The van der Waals surface area contributed by atoms with Gasteiger partial charge in [0.2, 0.25) is 10.0 Å². The lowest BCUT2D eigenvalue weighted by Crippen LogP contribution is -2.37. The molecule has 1 fully saturated rings. The van der Waals surface area contributed by atoms with Crippen LogP contribution in [0, 0.1) is 0 Å². The average molecular weight is 270 g/mol. The molecule has 0 radical (unpaired) electrons. The molecule has 0 aromatic heterocycles. The highest BCUT2D eigenvalue weighted by Crippen LogP contribution is 2.23. The quantitative estimate of drug-likeness (QED) is 0.822. The molecule has 6 heteroatoms. The molecule has 1 aliphatic rings. The molecule has 0 unspecified atom stereocenters. The van der Waals surface area contributed by atoms with Crippen LogP contribution in [-0.2, 0) is 10.0 Å². The highest BCUT2D eigenvalue weighted by molar-refractivity contribution is 7.92. The van der Waals surface area contributed by atoms with E-state index in [-0.39, 0.29) is 5.75 Å². The summed E-state index contributed by atoms with van der Waals surface area (Å²) in [6.07, 6.45) is 1.64. The number of nitrogens with two attached hydrogens (primary N) is 1. The minimum absolute atomic E-state index is 0.226. The molecule has 0 saturated carbocycles. The Kier molecular flexibility index (Phi) is 3.35. The van der Waals surface area contributed by atoms with Gasteiger partial charge in [-0.1, -0.05) is 12.2 Å². The fourth-order valence-corrected chi connectivity index (χ4v) is 3.65. The Bertz CT molecular complexity index is 523. The van der Waals surface area contributed by atoms with E-state index in [0.717, 1.165) is 18.4 Å². The highest BCUT2D eigenvalue weighted by atomic mass is 32.2. The predicted octanol–water partition coefficient (Wildman–Crippen LogP) is 1.25. The maximum absolute atomic E-state index is 11.9. The summed E-state index contributed by atoms with van der Waals surface area (Å²) in [6, 6.07) is 7.00. The van der Waals surface area contributed by atoms with Crippen LogP contribution in [0.2, 0.25) is 0 Å². The smallest absolute Gasteiger partial charge is 0.235 e. The summed E-state index contributed by atoms with van der Waals surface area (Å²) < 4.78 is 25.2. The molecule has 0 atom stereocenters. The van der Waals surface area contributed by atoms with Crippen molar-refractivity contribution < 1.29 is 8.42 Å². The normalized spacial score (nSPS) is 18.9. The molecule has 1 aromatic rings. The van der Waals surface area contributed by atoms with Gasteiger partial charge in [0.05, 0.1) is 11.4 Å². The third-order valence-electron chi connectivity index (χ3n) is 2.79. The minimum Gasteiger partial charge on any atom is -0.389 e. The zero-order valence-corrected chi connectivity index (χ0v) is 10.9. The molecule has 0 aliphatic carbocycles. The van der Waals surface area contributed by atoms with E-state index in [1.165, 1.54) is 4.31 Å². The first-order chi connectivity index (χ1) is 8.00. The molecule has 0 spiro atoms. The lowest BCUT2D eigenvalue weighted by molar-refractivity contribution is 0.574. The molecule has 0 bridgehead atoms. The van der Waals surface area contributed by atoms with Gasteiger partial charge in [0.25, 0.3) is 0 Å². The van der Waals surface area contributed by atoms with E-state index in [0.29, 0.717) is 17.2 Å². The molecule has 17 heavy (non-hydrogen) atoms. The van der Waals surface area contributed by atoms with Gasteiger partial charge < -0.3 is 5.73 Å². The van der Waals surface area contributed by atoms with Crippen LogP contribution >= 0.6 is 12.2 Å². The molecule has 1 heterocycles. The van der Waals surface area contributed by atoms with Crippen molar-refractivity contribution in [1.29, 1.82) is 0 Å². The Morgan fingerprint density at radius 1 is 1.24 bits per heavy atom. The number of benzene rings is 1. The van der Waals surface area contributed by atoms with Gasteiger partial charge in [0, 0.05) is 12.1 Å². The second kappa shape index (κ2) is 4.62. The zero-order chi connectivity index (χ0) is 12.5. The highest BCUT2D eigenvalue weighted by Gasteiger charge is 2.25. The second-order valence-corrected chi connectivity index (χ2v) is 6.46. The monoisotopic (exact) mass is 270 g/mol. The van der Waals surface area contributed by atoms with Crippen LogP contribution in [0.3, 0.4) is 0 Å². The molecular weight excluding hydrogens is 256 g/mol. The summed E-state index contributed by atoms with van der Waals surface area (Å²) in [4.78, 5) is 0.318. The lowest BCUT2D eigenvalue weighted by atomic mass is 10.2. The number of nitrogens with zero attached hydrogens (tertiary/aromatic N) is 1. The SMILES string of the molecule is NC(=S)c1ccc(N2CCCCS2(=O)=O)cc1. The average Bonchev–Trinajstić information content (AvgIpc) is 2.28. The van der Waals surface area contributed by atoms with Crippen LogP contribution in [0.1, 0.15) is 18.4 Å². The van der Waals surface area contributed by atoms with Gasteiger partial charge in [-0.2, -0.15) is 0 Å². The summed E-state index contributed by atoms with van der Waals surface area (Å²) >= 11 is 4.85. The van der Waals surface area contributed by atoms with Crippen molar-refractivity contribution in [2.75, 3.05) is 16.6 Å². The van der Waals surface area contributed by atoms with Gasteiger partial charge >= 0.3 is 0 Å². The molecule has 1 aromatic carbocycles. The van der Waals surface area contributed by atoms with E-state index in [9.17, 15) is 8.42 Å². The van der Waals surface area contributed by atoms with E-state index < -0.39 is 10.0 Å². The van der Waals surface area contributed by atoms with Gasteiger partial charge in [0.1, 0.15) is 4.99 Å². The number of hydrogen-bond donors (Lipinski definition) is 1. The number of anilines is 1. The number of thiocarbonyl (C=S) groups is 1. The fourth-order valence-electron chi connectivity index (χ4n) is 1.87. The number of sulfonamides is 1. The van der Waals surface area contributed by atoms with Crippen molar-refractivity contribution in [3.63, 3.8) is 0 Å². The van der Waals surface area contributed by atoms with Crippen LogP contribution in [0.25, 0.3) is 0 Å². The molecule has 4 nitrogen and oxygen atoms in total. The zero-order valence-electron chi connectivity index (χ0n) is 9.30. The number of hydrogen-bond acceptors (Lipinski definition) is 3. The van der Waals surface area contributed by atoms with Crippen molar-refractivity contribution in [1.82, 2.24) is 0 Å². The first-order valence-corrected chi connectivity index (χ1v) is 7.43. The predicted molar refractivity (Wildman–Crippen MR) is 72.7 cm³/mol. The fraction of sp³-hybridized carbons (Fsp3) is 0.364. The van der Waals surface area contributed by atoms with Crippen LogP contribution < -0.4 is 10.0 Å². The molecule has 92 valence electrons. The van der Waals surface area contributed by atoms with Gasteiger partial charge in [-0.3, -0.25) is 4.31 Å². The summed E-state index contributed by atoms with van der Waals surface area (Å²) in [5.41, 5.74) is 6.93. The van der Waals surface area contributed by atoms with E-state index in [2.05, 4.69) is 0 Å². The summed E-state index contributed by atoms with van der Waals surface area (Å²) in [5, 5.41) is 0. The topological polar surface area (TPSA) is 63.4 Å². The molecule has 2 rings (SSSR count).